The van der Waals surface area contributed by atoms with Crippen molar-refractivity contribution in [1.29, 1.82) is 0 Å². The number of carbonyl (C=O) groups is 1. The third kappa shape index (κ3) is 4.20. The van der Waals surface area contributed by atoms with E-state index in [0.29, 0.717) is 5.75 Å². The van der Waals surface area contributed by atoms with Gasteiger partial charge in [-0.25, -0.2) is 0 Å². The van der Waals surface area contributed by atoms with Crippen molar-refractivity contribution in [2.45, 2.75) is 6.92 Å². The van der Waals surface area contributed by atoms with Gasteiger partial charge in [-0.1, -0.05) is 35.9 Å². The number of methoxy groups -OCH3 is 1. The van der Waals surface area contributed by atoms with Gasteiger partial charge < -0.3 is 14.6 Å². The molecular weight excluding hydrogens is 280 g/mol. The summed E-state index contributed by atoms with van der Waals surface area (Å²) in [5, 5.41) is 9.92. The minimum Gasteiger partial charge on any atom is -0.507 e. The van der Waals surface area contributed by atoms with Gasteiger partial charge in [0.05, 0.1) is 5.56 Å². The van der Waals surface area contributed by atoms with E-state index in [9.17, 15) is 9.90 Å². The normalized spacial score (nSPS) is 10.8. The summed E-state index contributed by atoms with van der Waals surface area (Å²) in [6, 6.07) is 12.4. The highest BCUT2D eigenvalue weighted by Gasteiger charge is 2.09. The number of ether oxygens (including phenoxy) is 2. The van der Waals surface area contributed by atoms with Gasteiger partial charge in [0.2, 0.25) is 0 Å². The van der Waals surface area contributed by atoms with E-state index >= 15 is 0 Å². The zero-order chi connectivity index (χ0) is 15.9. The van der Waals surface area contributed by atoms with Crippen LogP contribution in [0, 0.1) is 6.92 Å². The average Bonchev–Trinajstić information content (AvgIpc) is 2.52. The van der Waals surface area contributed by atoms with Crippen LogP contribution in [-0.4, -0.2) is 24.8 Å². The fraction of sp³-hybridized carbons (Fsp3) is 0.167. The molecule has 0 spiro atoms. The summed E-state index contributed by atoms with van der Waals surface area (Å²) in [5.74, 6) is 0.0574. The van der Waals surface area contributed by atoms with Crippen molar-refractivity contribution >= 4 is 11.9 Å². The van der Waals surface area contributed by atoms with Crippen LogP contribution in [0.4, 0.5) is 0 Å². The van der Waals surface area contributed by atoms with Crippen molar-refractivity contribution < 1.29 is 19.4 Å². The van der Waals surface area contributed by atoms with Crippen LogP contribution in [0.5, 0.6) is 11.5 Å². The SMILES string of the molecule is COCOc1ccc(C(=O)/C=C/c2ccc(C)cc2)c(O)c1. The molecule has 0 atom stereocenters. The van der Waals surface area contributed by atoms with Crippen molar-refractivity contribution in [1.82, 2.24) is 0 Å². The van der Waals surface area contributed by atoms with Crippen molar-refractivity contribution in [2.75, 3.05) is 13.9 Å². The molecule has 2 rings (SSSR count). The molecule has 0 unspecified atom stereocenters. The van der Waals surface area contributed by atoms with Crippen LogP contribution >= 0.6 is 0 Å². The summed E-state index contributed by atoms with van der Waals surface area (Å²) in [4.78, 5) is 12.1. The molecule has 1 N–H and O–H groups in total. The zero-order valence-electron chi connectivity index (χ0n) is 12.6. The minimum absolute atomic E-state index is 0.0834. The van der Waals surface area contributed by atoms with E-state index in [0.717, 1.165) is 11.1 Å². The Morgan fingerprint density at radius 2 is 1.91 bits per heavy atom. The first-order valence-corrected chi connectivity index (χ1v) is 6.84. The topological polar surface area (TPSA) is 55.8 Å². The molecule has 0 heterocycles. The molecule has 0 aliphatic rings. The molecule has 0 aromatic heterocycles. The maximum absolute atomic E-state index is 12.1. The standard InChI is InChI=1S/C18H18O4/c1-13-3-5-14(6-4-13)7-10-17(19)16-9-8-15(11-18(16)20)22-12-21-2/h3-11,20H,12H2,1-2H3/b10-7+. The molecule has 0 aliphatic carbocycles. The van der Waals surface area contributed by atoms with E-state index in [4.69, 9.17) is 9.47 Å². The Hall–Kier alpha value is -2.59. The largest absolute Gasteiger partial charge is 0.507 e. The number of aromatic hydroxyl groups is 1. The molecule has 4 nitrogen and oxygen atoms in total. The van der Waals surface area contributed by atoms with Crippen LogP contribution in [-0.2, 0) is 4.74 Å². The van der Waals surface area contributed by atoms with E-state index < -0.39 is 0 Å². The Morgan fingerprint density at radius 1 is 1.18 bits per heavy atom. The average molecular weight is 298 g/mol. The molecule has 22 heavy (non-hydrogen) atoms. The molecule has 2 aromatic carbocycles. The highest BCUT2D eigenvalue weighted by Crippen LogP contribution is 2.24. The van der Waals surface area contributed by atoms with Gasteiger partial charge >= 0.3 is 0 Å². The van der Waals surface area contributed by atoms with E-state index in [-0.39, 0.29) is 23.9 Å². The molecule has 0 bridgehead atoms. The van der Waals surface area contributed by atoms with Crippen LogP contribution in [0.2, 0.25) is 0 Å². The number of phenolic OH excluding ortho intramolecular Hbond substituents is 1. The number of carbonyl (C=O) groups excluding carboxylic acids is 1. The number of ketones is 1. The quantitative estimate of drug-likeness (QED) is 0.503. The molecule has 4 heteroatoms. The lowest BCUT2D eigenvalue weighted by atomic mass is 10.1. The number of rotatable bonds is 6. The van der Waals surface area contributed by atoms with Gasteiger partial charge in [-0.3, -0.25) is 4.79 Å². The van der Waals surface area contributed by atoms with Gasteiger partial charge in [0.15, 0.2) is 12.6 Å². The molecule has 2 aromatic rings. The van der Waals surface area contributed by atoms with E-state index in [1.54, 1.807) is 12.1 Å². The maximum atomic E-state index is 12.1. The van der Waals surface area contributed by atoms with Gasteiger partial charge in [-0.15, -0.1) is 0 Å². The maximum Gasteiger partial charge on any atom is 0.189 e. The lowest BCUT2D eigenvalue weighted by Gasteiger charge is -2.06. The summed E-state index contributed by atoms with van der Waals surface area (Å²) in [5.41, 5.74) is 2.32. The Morgan fingerprint density at radius 3 is 2.55 bits per heavy atom. The highest BCUT2D eigenvalue weighted by molar-refractivity contribution is 6.08. The molecule has 114 valence electrons. The van der Waals surface area contributed by atoms with Crippen LogP contribution < -0.4 is 4.74 Å². The summed E-state index contributed by atoms with van der Waals surface area (Å²) < 4.78 is 9.98. The van der Waals surface area contributed by atoms with Gasteiger partial charge in [0.25, 0.3) is 0 Å². The monoisotopic (exact) mass is 298 g/mol. The van der Waals surface area contributed by atoms with Gasteiger partial charge in [-0.05, 0) is 30.7 Å². The Balaban J connectivity index is 2.10. The summed E-state index contributed by atoms with van der Waals surface area (Å²) in [7, 11) is 1.51. The van der Waals surface area contributed by atoms with Crippen LogP contribution in [0.3, 0.4) is 0 Å². The number of aryl methyl sites for hydroxylation is 1. The number of allylic oxidation sites excluding steroid dienone is 1. The Kier molecular flexibility index (Phi) is 5.33. The third-order valence-corrected chi connectivity index (χ3v) is 3.08. The van der Waals surface area contributed by atoms with Crippen molar-refractivity contribution in [2.24, 2.45) is 0 Å². The number of hydrogen-bond acceptors (Lipinski definition) is 4. The minimum atomic E-state index is -0.267. The lowest BCUT2D eigenvalue weighted by molar-refractivity contribution is 0.0510. The van der Waals surface area contributed by atoms with E-state index in [2.05, 4.69) is 0 Å². The summed E-state index contributed by atoms with van der Waals surface area (Å²) in [6.07, 6.45) is 3.16. The summed E-state index contributed by atoms with van der Waals surface area (Å²) >= 11 is 0. The molecule has 0 radical (unpaired) electrons. The molecular formula is C18H18O4. The Labute approximate surface area is 129 Å². The fourth-order valence-corrected chi connectivity index (χ4v) is 1.88. The predicted octanol–water partition coefficient (Wildman–Crippen LogP) is 3.58. The van der Waals surface area contributed by atoms with Crippen LogP contribution in [0.25, 0.3) is 6.08 Å². The van der Waals surface area contributed by atoms with Crippen molar-refractivity contribution in [3.8, 4) is 11.5 Å². The molecule has 0 saturated carbocycles. The number of benzene rings is 2. The molecule has 0 amide bonds. The first-order chi connectivity index (χ1) is 10.6. The summed E-state index contributed by atoms with van der Waals surface area (Å²) in [6.45, 7) is 2.09. The second-order valence-electron chi connectivity index (χ2n) is 4.84. The first-order valence-electron chi connectivity index (χ1n) is 6.84. The van der Waals surface area contributed by atoms with Gasteiger partial charge in [0, 0.05) is 13.2 Å². The zero-order valence-corrected chi connectivity index (χ0v) is 12.6. The predicted molar refractivity (Wildman–Crippen MR) is 85.2 cm³/mol. The second kappa shape index (κ2) is 7.43. The fourth-order valence-electron chi connectivity index (χ4n) is 1.88. The second-order valence-corrected chi connectivity index (χ2v) is 4.84. The van der Waals surface area contributed by atoms with E-state index in [1.807, 2.05) is 31.2 Å². The van der Waals surface area contributed by atoms with Crippen LogP contribution in [0.15, 0.2) is 48.5 Å². The smallest absolute Gasteiger partial charge is 0.189 e. The molecule has 0 aliphatic heterocycles. The van der Waals surface area contributed by atoms with Gasteiger partial charge in [0.1, 0.15) is 11.5 Å². The highest BCUT2D eigenvalue weighted by atomic mass is 16.7. The Bertz CT molecular complexity index is 672. The van der Waals surface area contributed by atoms with Crippen molar-refractivity contribution in [3.05, 3.63) is 65.2 Å². The van der Waals surface area contributed by atoms with Gasteiger partial charge in [-0.2, -0.15) is 0 Å². The van der Waals surface area contributed by atoms with Crippen LogP contribution in [0.1, 0.15) is 21.5 Å². The third-order valence-electron chi connectivity index (χ3n) is 3.08. The van der Waals surface area contributed by atoms with E-state index in [1.165, 1.54) is 25.3 Å². The number of phenols is 1. The molecule has 0 fully saturated rings. The lowest BCUT2D eigenvalue weighted by Crippen LogP contribution is -2.00. The van der Waals surface area contributed by atoms with Crippen molar-refractivity contribution in [3.63, 3.8) is 0 Å². The molecule has 0 saturated heterocycles. The number of hydrogen-bond donors (Lipinski definition) is 1. The first kappa shape index (κ1) is 15.8.